The monoisotopic (exact) mass is 360 g/mol. The molecule has 3 rings (SSSR count). The van der Waals surface area contributed by atoms with E-state index in [0.29, 0.717) is 16.4 Å². The Labute approximate surface area is 149 Å². The lowest BCUT2D eigenvalue weighted by atomic mass is 10.2. The van der Waals surface area contributed by atoms with E-state index >= 15 is 0 Å². The fourth-order valence-electron chi connectivity index (χ4n) is 2.43. The molecule has 0 N–H and O–H groups in total. The number of nitrogens with zero attached hydrogens (tertiary/aromatic N) is 2. The van der Waals surface area contributed by atoms with Crippen molar-refractivity contribution >= 4 is 38.9 Å². The largest absolute Gasteiger partial charge is 0.497 e. The van der Waals surface area contributed by atoms with Gasteiger partial charge in [-0.15, -0.1) is 11.3 Å². The second kappa shape index (κ2) is 7.20. The fraction of sp³-hybridized carbons (Fsp3) is 0.222. The Morgan fingerprint density at radius 1 is 1.29 bits per heavy atom. The number of methoxy groups -OCH3 is 1. The second-order valence-corrected chi connectivity index (χ2v) is 6.87. The van der Waals surface area contributed by atoms with E-state index in [-0.39, 0.29) is 5.91 Å². The van der Waals surface area contributed by atoms with Crippen LogP contribution in [0.15, 0.2) is 42.7 Å². The van der Waals surface area contributed by atoms with Crippen molar-refractivity contribution in [2.75, 3.05) is 20.7 Å². The molecule has 0 aliphatic rings. The average molecular weight is 361 g/mol. The molecule has 124 valence electrons. The molecule has 1 amide bonds. The third-order valence-electron chi connectivity index (χ3n) is 3.86. The first-order valence-corrected chi connectivity index (χ1v) is 8.70. The van der Waals surface area contributed by atoms with Gasteiger partial charge in [0.05, 0.1) is 12.1 Å². The van der Waals surface area contributed by atoms with Crippen molar-refractivity contribution in [2.45, 2.75) is 6.42 Å². The molecular formula is C18H17ClN2O2S. The molecule has 3 aromatic rings. The molecule has 1 aromatic carbocycles. The first-order valence-electron chi connectivity index (χ1n) is 7.50. The summed E-state index contributed by atoms with van der Waals surface area (Å²) in [6, 6.07) is 9.57. The van der Waals surface area contributed by atoms with Crippen LogP contribution in [0.25, 0.3) is 10.1 Å². The molecule has 0 aliphatic heterocycles. The minimum atomic E-state index is -0.0609. The minimum absolute atomic E-state index is 0.0609. The lowest BCUT2D eigenvalue weighted by Gasteiger charge is -2.16. The summed E-state index contributed by atoms with van der Waals surface area (Å²) in [6.07, 6.45) is 4.29. The van der Waals surface area contributed by atoms with Crippen molar-refractivity contribution in [3.05, 3.63) is 58.2 Å². The quantitative estimate of drug-likeness (QED) is 0.682. The number of pyridine rings is 1. The van der Waals surface area contributed by atoms with Gasteiger partial charge in [-0.3, -0.25) is 9.78 Å². The molecule has 4 nitrogen and oxygen atoms in total. The van der Waals surface area contributed by atoms with Gasteiger partial charge in [-0.25, -0.2) is 0 Å². The predicted octanol–water partition coefficient (Wildman–Crippen LogP) is 4.27. The molecule has 0 fully saturated rings. The molecule has 0 aliphatic carbocycles. The van der Waals surface area contributed by atoms with Crippen molar-refractivity contribution in [2.24, 2.45) is 0 Å². The number of ether oxygens (including phenoxy) is 1. The van der Waals surface area contributed by atoms with Crippen LogP contribution in [0.5, 0.6) is 5.75 Å². The van der Waals surface area contributed by atoms with Gasteiger partial charge < -0.3 is 9.64 Å². The second-order valence-electron chi connectivity index (χ2n) is 5.44. The van der Waals surface area contributed by atoms with Crippen LogP contribution in [0.1, 0.15) is 15.2 Å². The van der Waals surface area contributed by atoms with Gasteiger partial charge in [0.1, 0.15) is 10.6 Å². The molecule has 0 atom stereocenters. The number of carbonyl (C=O) groups excluding carboxylic acids is 1. The maximum Gasteiger partial charge on any atom is 0.265 e. The number of likely N-dealkylation sites (N-methyl/N-ethyl adjacent to an activating group) is 1. The van der Waals surface area contributed by atoms with Crippen LogP contribution in [0.4, 0.5) is 0 Å². The Morgan fingerprint density at radius 2 is 2.04 bits per heavy atom. The van der Waals surface area contributed by atoms with Crippen LogP contribution < -0.4 is 4.74 Å². The smallest absolute Gasteiger partial charge is 0.265 e. The van der Waals surface area contributed by atoms with Gasteiger partial charge in [-0.1, -0.05) is 11.6 Å². The van der Waals surface area contributed by atoms with Crippen LogP contribution in [-0.2, 0) is 6.42 Å². The Kier molecular flexibility index (Phi) is 5.02. The van der Waals surface area contributed by atoms with E-state index < -0.39 is 0 Å². The van der Waals surface area contributed by atoms with E-state index in [1.165, 1.54) is 11.3 Å². The highest BCUT2D eigenvalue weighted by atomic mass is 35.5. The summed E-state index contributed by atoms with van der Waals surface area (Å²) in [7, 11) is 3.41. The molecule has 0 radical (unpaired) electrons. The molecule has 0 spiro atoms. The number of hydrogen-bond donors (Lipinski definition) is 0. The minimum Gasteiger partial charge on any atom is -0.497 e. The highest BCUT2D eigenvalue weighted by Gasteiger charge is 2.20. The molecule has 0 saturated heterocycles. The van der Waals surface area contributed by atoms with Gasteiger partial charge in [-0.05, 0) is 42.3 Å². The fourth-order valence-corrected chi connectivity index (χ4v) is 3.91. The van der Waals surface area contributed by atoms with Crippen LogP contribution in [0, 0.1) is 0 Å². The zero-order valence-corrected chi connectivity index (χ0v) is 15.0. The normalized spacial score (nSPS) is 10.8. The average Bonchev–Trinajstić information content (AvgIpc) is 2.96. The molecule has 2 aromatic heterocycles. The summed E-state index contributed by atoms with van der Waals surface area (Å²) >= 11 is 7.85. The summed E-state index contributed by atoms with van der Waals surface area (Å²) in [4.78, 5) is 19.0. The maximum atomic E-state index is 12.7. The zero-order chi connectivity index (χ0) is 17.1. The number of benzene rings is 1. The lowest BCUT2D eigenvalue weighted by Crippen LogP contribution is -2.28. The summed E-state index contributed by atoms with van der Waals surface area (Å²) in [5.74, 6) is 0.668. The lowest BCUT2D eigenvalue weighted by molar-refractivity contribution is 0.0801. The molecule has 24 heavy (non-hydrogen) atoms. The maximum absolute atomic E-state index is 12.7. The number of carbonyl (C=O) groups is 1. The summed E-state index contributed by atoms with van der Waals surface area (Å²) in [6.45, 7) is 0.622. The van der Waals surface area contributed by atoms with Crippen LogP contribution in [0.3, 0.4) is 0 Å². The van der Waals surface area contributed by atoms with Crippen LogP contribution >= 0.6 is 22.9 Å². The van der Waals surface area contributed by atoms with Gasteiger partial charge >= 0.3 is 0 Å². The third-order valence-corrected chi connectivity index (χ3v) is 5.52. The van der Waals surface area contributed by atoms with Crippen LogP contribution in [-0.4, -0.2) is 36.5 Å². The first-order chi connectivity index (χ1) is 11.6. The van der Waals surface area contributed by atoms with Gasteiger partial charge in [0.15, 0.2) is 0 Å². The number of thiophene rings is 1. The zero-order valence-electron chi connectivity index (χ0n) is 13.5. The Balaban J connectivity index is 1.79. The van der Waals surface area contributed by atoms with Crippen molar-refractivity contribution in [1.29, 1.82) is 0 Å². The SMILES string of the molecule is COc1ccc2sc(C(=O)N(C)CCc3ccncc3)c(Cl)c2c1. The third kappa shape index (κ3) is 3.37. The van der Waals surface area contributed by atoms with E-state index in [9.17, 15) is 4.79 Å². The summed E-state index contributed by atoms with van der Waals surface area (Å²) in [5.41, 5.74) is 1.15. The van der Waals surface area contributed by atoms with Gasteiger partial charge in [0.25, 0.3) is 5.91 Å². The molecule has 0 unspecified atom stereocenters. The number of fused-ring (bicyclic) bond motifs is 1. The summed E-state index contributed by atoms with van der Waals surface area (Å²) in [5, 5.41) is 1.35. The Hall–Kier alpha value is -2.11. The molecule has 2 heterocycles. The van der Waals surface area contributed by atoms with Crippen molar-refractivity contribution in [3.8, 4) is 5.75 Å². The summed E-state index contributed by atoms with van der Waals surface area (Å²) < 4.78 is 6.21. The van der Waals surface area contributed by atoms with E-state index in [1.807, 2.05) is 30.3 Å². The number of hydrogen-bond acceptors (Lipinski definition) is 4. The van der Waals surface area contributed by atoms with Gasteiger partial charge in [-0.2, -0.15) is 0 Å². The first kappa shape index (κ1) is 16.7. The highest BCUT2D eigenvalue weighted by Crippen LogP contribution is 2.37. The standard InChI is InChI=1S/C18H17ClN2O2S/c1-21(10-7-12-5-8-20-9-6-12)18(22)17-16(19)14-11-13(23-2)3-4-15(14)24-17/h3-6,8-9,11H,7,10H2,1-2H3. The Morgan fingerprint density at radius 3 is 2.75 bits per heavy atom. The number of rotatable bonds is 5. The Bertz CT molecular complexity index is 864. The van der Waals surface area contributed by atoms with E-state index in [1.54, 1.807) is 31.5 Å². The van der Waals surface area contributed by atoms with E-state index in [2.05, 4.69) is 4.98 Å². The van der Waals surface area contributed by atoms with E-state index in [0.717, 1.165) is 27.8 Å². The van der Waals surface area contributed by atoms with Crippen molar-refractivity contribution < 1.29 is 9.53 Å². The number of halogens is 1. The van der Waals surface area contributed by atoms with E-state index in [4.69, 9.17) is 16.3 Å². The van der Waals surface area contributed by atoms with Crippen molar-refractivity contribution in [3.63, 3.8) is 0 Å². The molecule has 0 bridgehead atoms. The van der Waals surface area contributed by atoms with Crippen molar-refractivity contribution in [1.82, 2.24) is 9.88 Å². The number of aromatic nitrogens is 1. The highest BCUT2D eigenvalue weighted by molar-refractivity contribution is 7.21. The molecule has 6 heteroatoms. The topological polar surface area (TPSA) is 42.4 Å². The van der Waals surface area contributed by atoms with Gasteiger partial charge in [0, 0.05) is 36.1 Å². The van der Waals surface area contributed by atoms with Gasteiger partial charge in [0.2, 0.25) is 0 Å². The molecule has 0 saturated carbocycles. The number of amides is 1. The molecular weight excluding hydrogens is 344 g/mol. The predicted molar refractivity (Wildman–Crippen MR) is 98.3 cm³/mol. The van der Waals surface area contributed by atoms with Crippen LogP contribution in [0.2, 0.25) is 5.02 Å².